The summed E-state index contributed by atoms with van der Waals surface area (Å²) in [6.07, 6.45) is 2.10. The van der Waals surface area contributed by atoms with Crippen LogP contribution >= 0.6 is 0 Å². The van der Waals surface area contributed by atoms with Gasteiger partial charge >= 0.3 is 0 Å². The molecule has 0 spiro atoms. The van der Waals surface area contributed by atoms with Crippen LogP contribution in [0.5, 0.6) is 0 Å². The lowest BCUT2D eigenvalue weighted by Crippen LogP contribution is -2.66. The highest BCUT2D eigenvalue weighted by molar-refractivity contribution is 6.99. The second kappa shape index (κ2) is 7.25. The van der Waals surface area contributed by atoms with Crippen molar-refractivity contribution >= 4 is 18.7 Å². The van der Waals surface area contributed by atoms with Crippen LogP contribution in [0.2, 0.25) is 5.04 Å². The Morgan fingerprint density at radius 2 is 1.32 bits per heavy atom. The van der Waals surface area contributed by atoms with E-state index in [2.05, 4.69) is 88.4 Å². The minimum atomic E-state index is -2.34. The summed E-state index contributed by atoms with van der Waals surface area (Å²) in [6, 6.07) is 21.5. The van der Waals surface area contributed by atoms with Crippen molar-refractivity contribution in [3.63, 3.8) is 0 Å². The van der Waals surface area contributed by atoms with Gasteiger partial charge in [-0.2, -0.15) is 0 Å². The first-order valence-electron chi connectivity index (χ1n) is 8.13. The molecule has 0 aliphatic heterocycles. The maximum Gasteiger partial charge on any atom is 0.261 e. The molecule has 0 saturated heterocycles. The number of unbranched alkanes of at least 4 members (excludes halogenated alkanes) is 1. The summed E-state index contributed by atoms with van der Waals surface area (Å²) in [5.74, 6) is 0. The van der Waals surface area contributed by atoms with Gasteiger partial charge in [-0.25, -0.2) is 0 Å². The summed E-state index contributed by atoms with van der Waals surface area (Å²) in [4.78, 5) is 0. The fourth-order valence-corrected chi connectivity index (χ4v) is 7.38. The molecular weight excluding hydrogens is 284 g/mol. The lowest BCUT2D eigenvalue weighted by Gasteiger charge is -2.42. The summed E-state index contributed by atoms with van der Waals surface area (Å²) in [7, 11) is -2.34. The highest BCUT2D eigenvalue weighted by Crippen LogP contribution is 2.37. The van der Waals surface area contributed by atoms with Crippen LogP contribution in [-0.4, -0.2) is 8.32 Å². The largest absolute Gasteiger partial charge is 0.402 e. The highest BCUT2D eigenvalue weighted by atomic mass is 28.4. The Kier molecular flexibility index (Phi) is 5.60. The second-order valence-electron chi connectivity index (χ2n) is 6.74. The van der Waals surface area contributed by atoms with Gasteiger partial charge in [-0.05, 0) is 21.8 Å². The minimum absolute atomic E-state index is 0.0555. The van der Waals surface area contributed by atoms with Crippen LogP contribution in [0.25, 0.3) is 0 Å². The van der Waals surface area contributed by atoms with Gasteiger partial charge in [-0.3, -0.25) is 0 Å². The molecule has 22 heavy (non-hydrogen) atoms. The smallest absolute Gasteiger partial charge is 0.261 e. The van der Waals surface area contributed by atoms with Crippen molar-refractivity contribution in [3.05, 3.63) is 67.3 Å². The quantitative estimate of drug-likeness (QED) is 0.563. The summed E-state index contributed by atoms with van der Waals surface area (Å²) < 4.78 is 6.62. The number of benzene rings is 2. The normalized spacial score (nSPS) is 12.4. The maximum absolute atomic E-state index is 6.62. The monoisotopic (exact) mass is 311 g/mol. The number of hydrogen-bond donors (Lipinski definition) is 0. The maximum atomic E-state index is 6.62. The molecule has 0 unspecified atom stereocenters. The molecule has 0 aliphatic rings. The van der Waals surface area contributed by atoms with E-state index < -0.39 is 8.32 Å². The van der Waals surface area contributed by atoms with Crippen LogP contribution in [0.15, 0.2) is 60.7 Å². The van der Waals surface area contributed by atoms with Gasteiger partial charge in [0.2, 0.25) is 0 Å². The van der Waals surface area contributed by atoms with E-state index in [1.165, 1.54) is 10.4 Å². The average Bonchev–Trinajstić information content (AvgIpc) is 2.52. The van der Waals surface area contributed by atoms with E-state index in [4.69, 9.17) is 4.43 Å². The van der Waals surface area contributed by atoms with Crippen molar-refractivity contribution in [3.8, 4) is 0 Å². The number of rotatable bonds is 6. The summed E-state index contributed by atoms with van der Waals surface area (Å²) >= 11 is 0. The predicted molar refractivity (Wildman–Crippen MR) is 97.9 cm³/mol. The fraction of sp³-hybridized carbons (Fsp3) is 0.350. The zero-order valence-electron chi connectivity index (χ0n) is 14.2. The Morgan fingerprint density at radius 1 is 0.864 bits per heavy atom. The van der Waals surface area contributed by atoms with Gasteiger partial charge < -0.3 is 4.43 Å². The van der Waals surface area contributed by atoms with Crippen LogP contribution in [-0.2, 0) is 4.43 Å². The van der Waals surface area contributed by atoms with E-state index in [0.29, 0.717) is 0 Å². The molecule has 0 saturated carbocycles. The van der Waals surface area contributed by atoms with Crippen LogP contribution in [0, 0.1) is 6.61 Å². The van der Waals surface area contributed by atoms with Gasteiger partial charge in [0.25, 0.3) is 8.32 Å². The van der Waals surface area contributed by atoms with Crippen LogP contribution in [0.3, 0.4) is 0 Å². The Labute approximate surface area is 136 Å². The molecule has 117 valence electrons. The molecule has 1 radical (unpaired) electrons. The summed E-state index contributed by atoms with van der Waals surface area (Å²) in [5, 5.41) is 2.72. The molecule has 1 nitrogen and oxygen atoms in total. The lowest BCUT2D eigenvalue weighted by atomic mass is 10.2. The third-order valence-corrected chi connectivity index (χ3v) is 9.01. The van der Waals surface area contributed by atoms with Crippen molar-refractivity contribution in [2.24, 2.45) is 0 Å². The summed E-state index contributed by atoms with van der Waals surface area (Å²) in [6.45, 7) is 11.1. The first-order valence-corrected chi connectivity index (χ1v) is 10.0. The SMILES string of the molecule is CCC[CH]O[Si](c1ccccc1)(c1ccccc1)C(C)(C)C. The van der Waals surface area contributed by atoms with E-state index in [0.717, 1.165) is 12.8 Å². The molecule has 0 atom stereocenters. The van der Waals surface area contributed by atoms with Crippen molar-refractivity contribution in [1.82, 2.24) is 0 Å². The Balaban J connectivity index is 2.59. The van der Waals surface area contributed by atoms with Gasteiger partial charge in [0.15, 0.2) is 0 Å². The molecule has 0 aromatic heterocycles. The van der Waals surface area contributed by atoms with Crippen LogP contribution in [0.1, 0.15) is 40.5 Å². The second-order valence-corrected chi connectivity index (χ2v) is 11.0. The molecule has 0 amide bonds. The Bertz CT molecular complexity index is 518. The van der Waals surface area contributed by atoms with E-state index in [1.807, 2.05) is 6.61 Å². The molecule has 2 heteroatoms. The molecule has 0 N–H and O–H groups in total. The van der Waals surface area contributed by atoms with E-state index in [-0.39, 0.29) is 5.04 Å². The van der Waals surface area contributed by atoms with E-state index in [9.17, 15) is 0 Å². The molecule has 0 heterocycles. The van der Waals surface area contributed by atoms with Gasteiger partial charge in [-0.15, -0.1) is 0 Å². The molecule has 2 rings (SSSR count). The zero-order chi connectivity index (χ0) is 16.1. The Morgan fingerprint density at radius 3 is 1.68 bits per heavy atom. The Hall–Kier alpha value is -1.38. The predicted octanol–water partition coefficient (Wildman–Crippen LogP) is 4.52. The minimum Gasteiger partial charge on any atom is -0.402 e. The van der Waals surface area contributed by atoms with Gasteiger partial charge in [0.1, 0.15) is 0 Å². The molecular formula is C20H27OSi. The van der Waals surface area contributed by atoms with Gasteiger partial charge in [0, 0.05) is 0 Å². The van der Waals surface area contributed by atoms with E-state index >= 15 is 0 Å². The van der Waals surface area contributed by atoms with E-state index in [1.54, 1.807) is 0 Å². The summed E-state index contributed by atoms with van der Waals surface area (Å²) in [5.41, 5.74) is 0. The third kappa shape index (κ3) is 3.34. The topological polar surface area (TPSA) is 9.23 Å². The number of hydrogen-bond acceptors (Lipinski definition) is 1. The zero-order valence-corrected chi connectivity index (χ0v) is 15.2. The highest BCUT2D eigenvalue weighted by Gasteiger charge is 2.49. The molecule has 0 aliphatic carbocycles. The molecule has 0 bridgehead atoms. The lowest BCUT2D eigenvalue weighted by molar-refractivity contribution is 0.365. The molecule has 0 fully saturated rings. The molecule has 2 aromatic rings. The molecule has 2 aromatic carbocycles. The third-order valence-electron chi connectivity index (χ3n) is 4.08. The van der Waals surface area contributed by atoms with Crippen molar-refractivity contribution in [1.29, 1.82) is 0 Å². The van der Waals surface area contributed by atoms with Gasteiger partial charge in [0.05, 0.1) is 6.61 Å². The fourth-order valence-electron chi connectivity index (χ4n) is 2.99. The van der Waals surface area contributed by atoms with Crippen LogP contribution in [0.4, 0.5) is 0 Å². The average molecular weight is 312 g/mol. The van der Waals surface area contributed by atoms with Crippen molar-refractivity contribution < 1.29 is 4.43 Å². The van der Waals surface area contributed by atoms with Crippen molar-refractivity contribution in [2.45, 2.75) is 45.6 Å². The first-order chi connectivity index (χ1) is 10.5. The van der Waals surface area contributed by atoms with Gasteiger partial charge in [-0.1, -0.05) is 94.8 Å². The van der Waals surface area contributed by atoms with Crippen molar-refractivity contribution in [2.75, 3.05) is 0 Å². The first kappa shape index (κ1) is 17.0. The van der Waals surface area contributed by atoms with Crippen LogP contribution < -0.4 is 10.4 Å². The standard InChI is InChI=1S/C20H27OSi/c1-5-6-17-21-22(20(2,3)4,18-13-9-7-10-14-18)19-15-11-8-12-16-19/h7-17H,5-6H2,1-4H3.